The maximum absolute atomic E-state index is 12.8. The van der Waals surface area contributed by atoms with Gasteiger partial charge in [0, 0.05) is 11.3 Å². The third-order valence-corrected chi connectivity index (χ3v) is 4.43. The number of carbonyl (C=O) groups is 1. The van der Waals surface area contributed by atoms with Crippen LogP contribution in [0.3, 0.4) is 0 Å². The first-order valence-electron chi connectivity index (χ1n) is 8.50. The molecule has 0 atom stereocenters. The molecular formula is C20H24BrNO3. The van der Waals surface area contributed by atoms with Crippen molar-refractivity contribution >= 4 is 27.5 Å². The highest BCUT2D eigenvalue weighted by molar-refractivity contribution is 9.10. The number of ether oxygens (including phenoxy) is 2. The summed E-state index contributed by atoms with van der Waals surface area (Å²) in [5.41, 5.74) is 3.55. The van der Waals surface area contributed by atoms with Gasteiger partial charge >= 0.3 is 0 Å². The zero-order chi connectivity index (χ0) is 18.4. The van der Waals surface area contributed by atoms with Crippen LogP contribution in [0.4, 0.5) is 5.69 Å². The molecule has 0 aromatic heterocycles. The highest BCUT2D eigenvalue weighted by Gasteiger charge is 2.17. The zero-order valence-electron chi connectivity index (χ0n) is 15.1. The van der Waals surface area contributed by atoms with Crippen molar-refractivity contribution in [3.63, 3.8) is 0 Å². The Morgan fingerprint density at radius 3 is 2.48 bits per heavy atom. The zero-order valence-corrected chi connectivity index (χ0v) is 16.7. The highest BCUT2D eigenvalue weighted by atomic mass is 79.9. The molecule has 0 heterocycles. The number of anilines is 1. The normalized spacial score (nSPS) is 10.4. The number of benzene rings is 2. The van der Waals surface area contributed by atoms with Crippen LogP contribution in [0.5, 0.6) is 11.5 Å². The largest absolute Gasteiger partial charge is 0.490 e. The van der Waals surface area contributed by atoms with Gasteiger partial charge in [-0.25, -0.2) is 0 Å². The third-order valence-electron chi connectivity index (χ3n) is 3.84. The van der Waals surface area contributed by atoms with Crippen LogP contribution in [0.15, 0.2) is 34.8 Å². The molecule has 0 radical (unpaired) electrons. The Hall–Kier alpha value is -2.01. The Morgan fingerprint density at radius 2 is 1.84 bits per heavy atom. The van der Waals surface area contributed by atoms with E-state index in [1.165, 1.54) is 0 Å². The van der Waals surface area contributed by atoms with Crippen molar-refractivity contribution in [2.75, 3.05) is 18.5 Å². The van der Waals surface area contributed by atoms with E-state index in [1.54, 1.807) is 12.1 Å². The molecule has 2 rings (SSSR count). The van der Waals surface area contributed by atoms with E-state index >= 15 is 0 Å². The van der Waals surface area contributed by atoms with Crippen molar-refractivity contribution in [3.8, 4) is 11.5 Å². The van der Waals surface area contributed by atoms with Gasteiger partial charge in [-0.15, -0.1) is 0 Å². The predicted octanol–water partition coefficient (Wildman–Crippen LogP) is 5.37. The van der Waals surface area contributed by atoms with Crippen molar-refractivity contribution in [1.29, 1.82) is 0 Å². The van der Waals surface area contributed by atoms with Gasteiger partial charge in [0.05, 0.1) is 17.7 Å². The van der Waals surface area contributed by atoms with Crippen LogP contribution in [0, 0.1) is 6.92 Å². The van der Waals surface area contributed by atoms with Gasteiger partial charge in [0.25, 0.3) is 5.91 Å². The van der Waals surface area contributed by atoms with Crippen molar-refractivity contribution < 1.29 is 14.3 Å². The lowest BCUT2D eigenvalue weighted by atomic mass is 10.1. The lowest BCUT2D eigenvalue weighted by Gasteiger charge is -2.16. The molecule has 134 valence electrons. The summed E-state index contributed by atoms with van der Waals surface area (Å²) in [5.74, 6) is 1.00. The molecule has 4 nitrogen and oxygen atoms in total. The minimum atomic E-state index is -0.172. The molecule has 0 spiro atoms. The molecule has 0 aliphatic carbocycles. The summed E-state index contributed by atoms with van der Waals surface area (Å²) in [4.78, 5) is 12.8. The summed E-state index contributed by atoms with van der Waals surface area (Å²) in [6.07, 6.45) is 0.856. The molecule has 0 saturated heterocycles. The van der Waals surface area contributed by atoms with Crippen LogP contribution in [0.25, 0.3) is 0 Å². The van der Waals surface area contributed by atoms with Gasteiger partial charge < -0.3 is 14.8 Å². The number of amides is 1. The highest BCUT2D eigenvalue weighted by Crippen LogP contribution is 2.37. The van der Waals surface area contributed by atoms with Gasteiger partial charge in [-0.05, 0) is 66.4 Å². The maximum Gasteiger partial charge on any atom is 0.255 e. The summed E-state index contributed by atoms with van der Waals surface area (Å²) in [5, 5.41) is 3.04. The second-order valence-corrected chi connectivity index (χ2v) is 6.42. The molecule has 0 fully saturated rings. The van der Waals surface area contributed by atoms with Gasteiger partial charge in [-0.2, -0.15) is 0 Å². The number of hydrogen-bond acceptors (Lipinski definition) is 3. The van der Waals surface area contributed by atoms with E-state index in [0.717, 1.165) is 23.2 Å². The average molecular weight is 406 g/mol. The molecule has 0 saturated carbocycles. The Morgan fingerprint density at radius 1 is 1.12 bits per heavy atom. The minimum Gasteiger partial charge on any atom is -0.490 e. The number of aryl methyl sites for hydroxylation is 2. The summed E-state index contributed by atoms with van der Waals surface area (Å²) in [7, 11) is 0. The Bertz CT molecular complexity index is 759. The Kier molecular flexibility index (Phi) is 6.88. The van der Waals surface area contributed by atoms with E-state index in [1.807, 2.05) is 39.0 Å². The summed E-state index contributed by atoms with van der Waals surface area (Å²) in [6.45, 7) is 8.90. The molecule has 0 bridgehead atoms. The van der Waals surface area contributed by atoms with Crippen molar-refractivity contribution in [3.05, 3.63) is 51.5 Å². The Labute approximate surface area is 157 Å². The first-order chi connectivity index (χ1) is 12.0. The Balaban J connectivity index is 2.37. The molecule has 25 heavy (non-hydrogen) atoms. The molecule has 2 aromatic rings. The minimum absolute atomic E-state index is 0.172. The van der Waals surface area contributed by atoms with E-state index in [0.29, 0.717) is 34.7 Å². The lowest BCUT2D eigenvalue weighted by molar-refractivity contribution is 0.102. The number of halogens is 1. The first-order valence-corrected chi connectivity index (χ1v) is 9.30. The summed E-state index contributed by atoms with van der Waals surface area (Å²) in [6, 6.07) is 9.51. The van der Waals surface area contributed by atoms with Gasteiger partial charge in [-0.3, -0.25) is 4.79 Å². The number of para-hydroxylation sites is 1. The molecule has 5 heteroatoms. The van der Waals surface area contributed by atoms with Crippen LogP contribution in [-0.2, 0) is 6.42 Å². The smallest absolute Gasteiger partial charge is 0.255 e. The van der Waals surface area contributed by atoms with Gasteiger partial charge in [0.1, 0.15) is 0 Å². The standard InChI is InChI=1S/C20H24BrNO3/c1-5-14-10-8-9-13(4)18(14)22-20(23)15-11-16(21)19(25-7-3)17(12-15)24-6-2/h8-12H,5-7H2,1-4H3,(H,22,23). The fourth-order valence-electron chi connectivity index (χ4n) is 2.63. The van der Waals surface area contributed by atoms with E-state index < -0.39 is 0 Å². The van der Waals surface area contributed by atoms with E-state index in [4.69, 9.17) is 9.47 Å². The van der Waals surface area contributed by atoms with Crippen LogP contribution < -0.4 is 14.8 Å². The molecule has 2 aromatic carbocycles. The number of carbonyl (C=O) groups excluding carboxylic acids is 1. The third kappa shape index (κ3) is 4.54. The first kappa shape index (κ1) is 19.3. The lowest BCUT2D eigenvalue weighted by Crippen LogP contribution is -2.15. The van der Waals surface area contributed by atoms with E-state index in [-0.39, 0.29) is 5.91 Å². The van der Waals surface area contributed by atoms with Gasteiger partial charge in [0.2, 0.25) is 0 Å². The van der Waals surface area contributed by atoms with Gasteiger partial charge in [-0.1, -0.05) is 25.1 Å². The van der Waals surface area contributed by atoms with E-state index in [9.17, 15) is 4.79 Å². The molecule has 1 N–H and O–H groups in total. The topological polar surface area (TPSA) is 47.6 Å². The number of hydrogen-bond donors (Lipinski definition) is 1. The number of nitrogens with one attached hydrogen (secondary N) is 1. The van der Waals surface area contributed by atoms with Crippen LogP contribution >= 0.6 is 15.9 Å². The molecule has 0 aliphatic heterocycles. The molecule has 1 amide bonds. The van der Waals surface area contributed by atoms with Crippen LogP contribution in [-0.4, -0.2) is 19.1 Å². The SMILES string of the molecule is CCOc1cc(C(=O)Nc2c(C)cccc2CC)cc(Br)c1OCC. The molecular weight excluding hydrogens is 382 g/mol. The second-order valence-electron chi connectivity index (χ2n) is 5.57. The molecule has 0 aliphatic rings. The average Bonchev–Trinajstić information content (AvgIpc) is 2.59. The quantitative estimate of drug-likeness (QED) is 0.673. The number of rotatable bonds is 7. The van der Waals surface area contributed by atoms with E-state index in [2.05, 4.69) is 28.2 Å². The van der Waals surface area contributed by atoms with Crippen LogP contribution in [0.2, 0.25) is 0 Å². The fourth-order valence-corrected chi connectivity index (χ4v) is 3.19. The fraction of sp³-hybridized carbons (Fsp3) is 0.350. The van der Waals surface area contributed by atoms with Crippen LogP contribution in [0.1, 0.15) is 42.3 Å². The van der Waals surface area contributed by atoms with Crippen molar-refractivity contribution in [1.82, 2.24) is 0 Å². The van der Waals surface area contributed by atoms with Crippen molar-refractivity contribution in [2.45, 2.75) is 34.1 Å². The monoisotopic (exact) mass is 405 g/mol. The second kappa shape index (κ2) is 8.90. The maximum atomic E-state index is 12.8. The summed E-state index contributed by atoms with van der Waals surface area (Å²) >= 11 is 3.48. The molecule has 0 unspecified atom stereocenters. The van der Waals surface area contributed by atoms with Gasteiger partial charge in [0.15, 0.2) is 11.5 Å². The summed E-state index contributed by atoms with van der Waals surface area (Å²) < 4.78 is 12.0. The van der Waals surface area contributed by atoms with Crippen molar-refractivity contribution in [2.24, 2.45) is 0 Å². The predicted molar refractivity (Wildman–Crippen MR) is 105 cm³/mol.